The van der Waals surface area contributed by atoms with Gasteiger partial charge in [0, 0.05) is 17.3 Å². The molecule has 0 atom stereocenters. The number of aromatic nitrogens is 1. The number of carboxylic acids is 1. The number of fused-ring (bicyclic) bond motifs is 1. The van der Waals surface area contributed by atoms with Crippen LogP contribution in [-0.4, -0.2) is 41.7 Å². The highest BCUT2D eigenvalue weighted by molar-refractivity contribution is 6.10. The molecule has 2 aromatic rings. The molecule has 0 amide bonds. The Morgan fingerprint density at radius 1 is 1.29 bits per heavy atom. The minimum atomic E-state index is -1.10. The van der Waals surface area contributed by atoms with E-state index in [0.717, 1.165) is 11.9 Å². The SMILES string of the molecule is CCCOc1cccc2[nH]cc(C(=O)COCC(=O)O)c12. The van der Waals surface area contributed by atoms with Crippen molar-refractivity contribution in [2.75, 3.05) is 19.8 Å². The maximum absolute atomic E-state index is 12.1. The summed E-state index contributed by atoms with van der Waals surface area (Å²) in [5.74, 6) is -0.749. The summed E-state index contributed by atoms with van der Waals surface area (Å²) in [5, 5.41) is 9.21. The zero-order chi connectivity index (χ0) is 15.2. The lowest BCUT2D eigenvalue weighted by atomic mass is 10.1. The number of benzene rings is 1. The molecule has 0 saturated heterocycles. The molecule has 21 heavy (non-hydrogen) atoms. The van der Waals surface area contributed by atoms with E-state index in [-0.39, 0.29) is 12.4 Å². The predicted molar refractivity (Wildman–Crippen MR) is 76.9 cm³/mol. The van der Waals surface area contributed by atoms with Crippen molar-refractivity contribution in [2.24, 2.45) is 0 Å². The van der Waals surface area contributed by atoms with E-state index in [4.69, 9.17) is 14.6 Å². The zero-order valence-corrected chi connectivity index (χ0v) is 11.7. The zero-order valence-electron chi connectivity index (χ0n) is 11.7. The minimum absolute atomic E-state index is 0.276. The number of carbonyl (C=O) groups is 2. The number of aliphatic carboxylic acids is 1. The number of carboxylic acid groups (broad SMARTS) is 1. The number of ether oxygens (including phenoxy) is 2. The fourth-order valence-electron chi connectivity index (χ4n) is 2.01. The lowest BCUT2D eigenvalue weighted by Gasteiger charge is -2.07. The molecule has 2 rings (SSSR count). The Bertz CT molecular complexity index is 647. The molecular weight excluding hydrogens is 274 g/mol. The Kier molecular flexibility index (Phi) is 4.94. The van der Waals surface area contributed by atoms with Crippen LogP contribution in [0.15, 0.2) is 24.4 Å². The maximum atomic E-state index is 12.1. The monoisotopic (exact) mass is 291 g/mol. The van der Waals surface area contributed by atoms with Crippen LogP contribution in [-0.2, 0) is 9.53 Å². The van der Waals surface area contributed by atoms with E-state index in [0.29, 0.717) is 23.3 Å². The Labute approximate surface area is 121 Å². The first-order chi connectivity index (χ1) is 10.1. The minimum Gasteiger partial charge on any atom is -0.493 e. The second-order valence-electron chi connectivity index (χ2n) is 4.54. The van der Waals surface area contributed by atoms with Gasteiger partial charge in [-0.15, -0.1) is 0 Å². The van der Waals surface area contributed by atoms with Crippen molar-refractivity contribution in [3.8, 4) is 5.75 Å². The Hall–Kier alpha value is -2.34. The standard InChI is InChI=1S/C15H17NO5/c1-2-6-21-13-5-3-4-11-15(13)10(7-16-11)12(17)8-20-9-14(18)19/h3-5,7,16H,2,6,8-9H2,1H3,(H,18,19). The molecule has 6 heteroatoms. The van der Waals surface area contributed by atoms with Crippen molar-refractivity contribution in [3.05, 3.63) is 30.0 Å². The Balaban J connectivity index is 2.22. The number of H-pyrrole nitrogens is 1. The number of Topliss-reactive ketones (excluding diaryl/α,β-unsaturated/α-hetero) is 1. The summed E-state index contributed by atoms with van der Waals surface area (Å²) in [5.41, 5.74) is 1.24. The molecule has 0 aliphatic carbocycles. The summed E-state index contributed by atoms with van der Waals surface area (Å²) in [6, 6.07) is 5.50. The topological polar surface area (TPSA) is 88.6 Å². The Morgan fingerprint density at radius 2 is 2.10 bits per heavy atom. The van der Waals surface area contributed by atoms with E-state index in [1.165, 1.54) is 0 Å². The average Bonchev–Trinajstić information content (AvgIpc) is 2.89. The fourth-order valence-corrected chi connectivity index (χ4v) is 2.01. The van der Waals surface area contributed by atoms with Crippen molar-refractivity contribution < 1.29 is 24.2 Å². The van der Waals surface area contributed by atoms with Crippen LogP contribution in [0.1, 0.15) is 23.7 Å². The molecule has 0 spiro atoms. The predicted octanol–water partition coefficient (Wildman–Crippen LogP) is 2.24. The normalized spacial score (nSPS) is 10.7. The molecule has 0 fully saturated rings. The van der Waals surface area contributed by atoms with Gasteiger partial charge in [0.2, 0.25) is 0 Å². The van der Waals surface area contributed by atoms with Crippen molar-refractivity contribution in [2.45, 2.75) is 13.3 Å². The van der Waals surface area contributed by atoms with Gasteiger partial charge in [0.15, 0.2) is 5.78 Å². The van der Waals surface area contributed by atoms with Gasteiger partial charge in [-0.1, -0.05) is 13.0 Å². The first-order valence-electron chi connectivity index (χ1n) is 6.69. The summed E-state index contributed by atoms with van der Waals surface area (Å²) >= 11 is 0. The second kappa shape index (κ2) is 6.90. The number of carbonyl (C=O) groups excluding carboxylic acids is 1. The van der Waals surface area contributed by atoms with E-state index in [1.807, 2.05) is 19.1 Å². The van der Waals surface area contributed by atoms with E-state index in [9.17, 15) is 9.59 Å². The number of hydrogen-bond acceptors (Lipinski definition) is 4. The Morgan fingerprint density at radius 3 is 2.81 bits per heavy atom. The second-order valence-corrected chi connectivity index (χ2v) is 4.54. The summed E-state index contributed by atoms with van der Waals surface area (Å²) < 4.78 is 10.5. The van der Waals surface area contributed by atoms with Crippen LogP contribution in [0.25, 0.3) is 10.9 Å². The van der Waals surface area contributed by atoms with Crippen LogP contribution >= 0.6 is 0 Å². The van der Waals surface area contributed by atoms with Gasteiger partial charge in [-0.2, -0.15) is 0 Å². The van der Waals surface area contributed by atoms with Crippen molar-refractivity contribution in [3.63, 3.8) is 0 Å². The van der Waals surface area contributed by atoms with Crippen LogP contribution < -0.4 is 4.74 Å². The molecule has 1 aromatic carbocycles. The summed E-state index contributed by atoms with van der Waals surface area (Å²) in [7, 11) is 0. The van der Waals surface area contributed by atoms with Gasteiger partial charge in [0.05, 0.1) is 12.0 Å². The van der Waals surface area contributed by atoms with E-state index in [1.54, 1.807) is 12.3 Å². The molecule has 2 N–H and O–H groups in total. The molecule has 112 valence electrons. The van der Waals surface area contributed by atoms with Crippen molar-refractivity contribution >= 4 is 22.7 Å². The number of ketones is 1. The van der Waals surface area contributed by atoms with Gasteiger partial charge in [-0.3, -0.25) is 4.79 Å². The van der Waals surface area contributed by atoms with Gasteiger partial charge >= 0.3 is 5.97 Å². The molecule has 0 radical (unpaired) electrons. The molecule has 0 aliphatic rings. The molecule has 1 aromatic heterocycles. The first kappa shape index (κ1) is 15.1. The highest BCUT2D eigenvalue weighted by atomic mass is 16.5. The molecule has 6 nitrogen and oxygen atoms in total. The van der Waals surface area contributed by atoms with E-state index in [2.05, 4.69) is 4.98 Å². The van der Waals surface area contributed by atoms with Crippen LogP contribution in [0.4, 0.5) is 0 Å². The molecule has 0 unspecified atom stereocenters. The lowest BCUT2D eigenvalue weighted by molar-refractivity contribution is -0.141. The lowest BCUT2D eigenvalue weighted by Crippen LogP contribution is -2.14. The molecule has 1 heterocycles. The molecular formula is C15H17NO5. The quantitative estimate of drug-likeness (QED) is 0.728. The van der Waals surface area contributed by atoms with Crippen LogP contribution in [0.5, 0.6) is 5.75 Å². The third-order valence-corrected chi connectivity index (χ3v) is 2.89. The number of nitrogens with one attached hydrogen (secondary N) is 1. The van der Waals surface area contributed by atoms with Gasteiger partial charge in [0.1, 0.15) is 19.0 Å². The van der Waals surface area contributed by atoms with Gasteiger partial charge in [0.25, 0.3) is 0 Å². The average molecular weight is 291 g/mol. The van der Waals surface area contributed by atoms with Crippen LogP contribution in [0.2, 0.25) is 0 Å². The summed E-state index contributed by atoms with van der Waals surface area (Å²) in [6.07, 6.45) is 2.46. The highest BCUT2D eigenvalue weighted by Gasteiger charge is 2.16. The molecule has 0 bridgehead atoms. The van der Waals surface area contributed by atoms with Crippen molar-refractivity contribution in [1.29, 1.82) is 0 Å². The molecule has 0 saturated carbocycles. The highest BCUT2D eigenvalue weighted by Crippen LogP contribution is 2.29. The number of hydrogen-bond donors (Lipinski definition) is 2. The fraction of sp³-hybridized carbons (Fsp3) is 0.333. The molecule has 0 aliphatic heterocycles. The first-order valence-corrected chi connectivity index (χ1v) is 6.69. The van der Waals surface area contributed by atoms with Gasteiger partial charge in [-0.25, -0.2) is 4.79 Å². The third kappa shape index (κ3) is 3.61. The van der Waals surface area contributed by atoms with Crippen LogP contribution in [0, 0.1) is 0 Å². The summed E-state index contributed by atoms with van der Waals surface area (Å²) in [6.45, 7) is 1.80. The maximum Gasteiger partial charge on any atom is 0.329 e. The van der Waals surface area contributed by atoms with E-state index < -0.39 is 12.6 Å². The number of aromatic amines is 1. The van der Waals surface area contributed by atoms with Crippen LogP contribution in [0.3, 0.4) is 0 Å². The smallest absolute Gasteiger partial charge is 0.329 e. The van der Waals surface area contributed by atoms with Crippen molar-refractivity contribution in [1.82, 2.24) is 4.98 Å². The largest absolute Gasteiger partial charge is 0.493 e. The van der Waals surface area contributed by atoms with E-state index >= 15 is 0 Å². The van der Waals surface area contributed by atoms with Gasteiger partial charge in [-0.05, 0) is 18.6 Å². The third-order valence-electron chi connectivity index (χ3n) is 2.89. The summed E-state index contributed by atoms with van der Waals surface area (Å²) in [4.78, 5) is 25.5. The number of rotatable bonds is 8. The van der Waals surface area contributed by atoms with Gasteiger partial charge < -0.3 is 19.6 Å².